The first-order valence-corrected chi connectivity index (χ1v) is 7.45. The molecule has 3 nitrogen and oxygen atoms in total. The van der Waals surface area contributed by atoms with Crippen LogP contribution in [0.1, 0.15) is 0 Å². The molecular weight excluding hydrogens is 295 g/mol. The number of hydrogen-bond donors (Lipinski definition) is 2. The summed E-state index contributed by atoms with van der Waals surface area (Å²) in [6, 6.07) is 10.6. The highest BCUT2D eigenvalue weighted by Gasteiger charge is 2.10. The first kappa shape index (κ1) is 13.2. The van der Waals surface area contributed by atoms with Crippen LogP contribution < -0.4 is 5.32 Å². The van der Waals surface area contributed by atoms with Crippen LogP contribution in [0.25, 0.3) is 20.8 Å². The summed E-state index contributed by atoms with van der Waals surface area (Å²) >= 11 is 1.69. The van der Waals surface area contributed by atoms with Crippen molar-refractivity contribution in [3.05, 3.63) is 36.4 Å². The van der Waals surface area contributed by atoms with Gasteiger partial charge in [-0.3, -0.25) is 0 Å². The molecule has 2 N–H and O–H groups in total. The smallest absolute Gasteiger partial charge is 0.124 e. The van der Waals surface area contributed by atoms with Crippen LogP contribution in [0.15, 0.2) is 41.3 Å². The minimum atomic E-state index is 0.213. The van der Waals surface area contributed by atoms with E-state index in [2.05, 4.69) is 10.3 Å². The Balaban J connectivity index is 2.10. The number of thiazole rings is 1. The van der Waals surface area contributed by atoms with E-state index in [-0.39, 0.29) is 17.9 Å². The van der Waals surface area contributed by atoms with Gasteiger partial charge in [0.2, 0.25) is 0 Å². The van der Waals surface area contributed by atoms with Gasteiger partial charge < -0.3 is 10.4 Å². The fourth-order valence-electron chi connectivity index (χ4n) is 1.96. The van der Waals surface area contributed by atoms with Gasteiger partial charge in [0.15, 0.2) is 0 Å². The minimum Gasteiger partial charge on any atom is -0.508 e. The van der Waals surface area contributed by atoms with Crippen molar-refractivity contribution in [2.45, 2.75) is 4.90 Å². The van der Waals surface area contributed by atoms with E-state index in [9.17, 15) is 8.99 Å². The van der Waals surface area contributed by atoms with Crippen LogP contribution >= 0.6 is 23.5 Å². The van der Waals surface area contributed by atoms with E-state index in [0.717, 1.165) is 26.5 Å². The van der Waals surface area contributed by atoms with E-state index in [1.54, 1.807) is 31.3 Å². The van der Waals surface area contributed by atoms with Crippen LogP contribution in [-0.4, -0.2) is 17.1 Å². The standard InChI is InChI=1S/C14H11FN2OS2/c1-16-10-4-2-8(6-13(10)20-15)14-17-11-5-3-9(18)7-12(11)19-14/h2-7,16,18H,1H3. The van der Waals surface area contributed by atoms with E-state index in [0.29, 0.717) is 4.90 Å². The zero-order chi connectivity index (χ0) is 14.1. The molecule has 2 aromatic carbocycles. The van der Waals surface area contributed by atoms with Crippen molar-refractivity contribution in [1.29, 1.82) is 0 Å². The summed E-state index contributed by atoms with van der Waals surface area (Å²) < 4.78 is 13.9. The summed E-state index contributed by atoms with van der Waals surface area (Å²) in [6.45, 7) is 0. The SMILES string of the molecule is CNc1ccc(-c2nc3ccc(O)cc3s2)cc1SF. The van der Waals surface area contributed by atoms with E-state index in [1.807, 2.05) is 12.1 Å². The molecule has 0 aliphatic heterocycles. The summed E-state index contributed by atoms with van der Waals surface area (Å²) in [5.74, 6) is 0.221. The highest BCUT2D eigenvalue weighted by atomic mass is 32.2. The molecule has 0 saturated heterocycles. The molecule has 102 valence electrons. The van der Waals surface area contributed by atoms with Crippen molar-refractivity contribution in [2.75, 3.05) is 12.4 Å². The maximum absolute atomic E-state index is 13.0. The molecule has 6 heteroatoms. The largest absolute Gasteiger partial charge is 0.508 e. The van der Waals surface area contributed by atoms with Crippen molar-refractivity contribution in [3.63, 3.8) is 0 Å². The van der Waals surface area contributed by atoms with Gasteiger partial charge in [-0.25, -0.2) is 4.98 Å². The average Bonchev–Trinajstić information content (AvgIpc) is 2.89. The van der Waals surface area contributed by atoms with Gasteiger partial charge in [0.25, 0.3) is 0 Å². The zero-order valence-corrected chi connectivity index (χ0v) is 12.2. The van der Waals surface area contributed by atoms with E-state index >= 15 is 0 Å². The molecule has 0 radical (unpaired) electrons. The van der Waals surface area contributed by atoms with Crippen LogP contribution in [-0.2, 0) is 0 Å². The number of hydrogen-bond acceptors (Lipinski definition) is 5. The topological polar surface area (TPSA) is 45.2 Å². The van der Waals surface area contributed by atoms with Crippen LogP contribution in [0.5, 0.6) is 5.75 Å². The lowest BCUT2D eigenvalue weighted by Gasteiger charge is -2.06. The van der Waals surface area contributed by atoms with Crippen LogP contribution in [0.2, 0.25) is 0 Å². The lowest BCUT2D eigenvalue weighted by atomic mass is 10.2. The first-order valence-electron chi connectivity index (χ1n) is 5.91. The van der Waals surface area contributed by atoms with Crippen LogP contribution in [0.3, 0.4) is 0 Å². The van der Waals surface area contributed by atoms with E-state index < -0.39 is 0 Å². The molecule has 0 spiro atoms. The van der Waals surface area contributed by atoms with Crippen molar-refractivity contribution in [2.24, 2.45) is 0 Å². The Morgan fingerprint density at radius 1 is 1.25 bits per heavy atom. The molecule has 0 fully saturated rings. The molecule has 20 heavy (non-hydrogen) atoms. The molecule has 1 aromatic heterocycles. The second-order valence-corrected chi connectivity index (χ2v) is 5.83. The number of nitrogens with one attached hydrogen (secondary N) is 1. The Kier molecular flexibility index (Phi) is 3.50. The van der Waals surface area contributed by atoms with Gasteiger partial charge in [-0.15, -0.1) is 11.3 Å². The predicted octanol–water partition coefficient (Wildman–Crippen LogP) is 4.69. The first-order chi connectivity index (χ1) is 9.71. The Morgan fingerprint density at radius 2 is 2.10 bits per heavy atom. The molecule has 0 amide bonds. The Morgan fingerprint density at radius 3 is 2.85 bits per heavy atom. The third-order valence-corrected chi connectivity index (χ3v) is 4.52. The summed E-state index contributed by atoms with van der Waals surface area (Å²) in [5, 5.41) is 13.2. The monoisotopic (exact) mass is 306 g/mol. The highest BCUT2D eigenvalue weighted by molar-refractivity contribution is 7.94. The predicted molar refractivity (Wildman–Crippen MR) is 83.2 cm³/mol. The van der Waals surface area contributed by atoms with Crippen molar-refractivity contribution in [1.82, 2.24) is 4.98 Å². The number of benzene rings is 2. The number of anilines is 1. The van der Waals surface area contributed by atoms with Gasteiger partial charge in [0, 0.05) is 12.6 Å². The molecule has 0 aliphatic rings. The number of aromatic nitrogens is 1. The molecule has 0 saturated carbocycles. The van der Waals surface area contributed by atoms with Crippen molar-refractivity contribution in [3.8, 4) is 16.3 Å². The summed E-state index contributed by atoms with van der Waals surface area (Å²) in [4.78, 5) is 5.04. The Hall–Kier alpha value is -1.79. The molecule has 3 rings (SSSR count). The Labute approximate surface area is 123 Å². The number of phenols is 1. The summed E-state index contributed by atoms with van der Waals surface area (Å²) in [7, 11) is 1.76. The van der Waals surface area contributed by atoms with Gasteiger partial charge in [0.1, 0.15) is 10.8 Å². The summed E-state index contributed by atoms with van der Waals surface area (Å²) in [5.41, 5.74) is 2.44. The molecule has 0 unspecified atom stereocenters. The highest BCUT2D eigenvalue weighted by Crippen LogP contribution is 2.36. The number of aromatic hydroxyl groups is 1. The fourth-order valence-corrected chi connectivity index (χ4v) is 3.38. The average molecular weight is 306 g/mol. The van der Waals surface area contributed by atoms with Gasteiger partial charge in [-0.2, -0.15) is 3.89 Å². The number of nitrogens with zero attached hydrogens (tertiary/aromatic N) is 1. The van der Waals surface area contributed by atoms with Gasteiger partial charge in [-0.1, -0.05) is 0 Å². The van der Waals surface area contributed by atoms with Gasteiger partial charge in [-0.05, 0) is 36.4 Å². The lowest BCUT2D eigenvalue weighted by Crippen LogP contribution is -1.90. The second kappa shape index (κ2) is 5.30. The third kappa shape index (κ3) is 2.32. The molecular formula is C14H11FN2OS2. The normalized spacial score (nSPS) is 10.9. The van der Waals surface area contributed by atoms with E-state index in [4.69, 9.17) is 0 Å². The molecule has 0 bridgehead atoms. The molecule has 0 aliphatic carbocycles. The van der Waals surface area contributed by atoms with Crippen molar-refractivity contribution >= 4 is 39.4 Å². The van der Waals surface area contributed by atoms with Crippen LogP contribution in [0, 0.1) is 0 Å². The number of phenolic OH excluding ortho intramolecular Hbond substituents is 1. The van der Waals surface area contributed by atoms with Crippen molar-refractivity contribution < 1.29 is 8.99 Å². The molecule has 1 heterocycles. The number of halogens is 1. The van der Waals surface area contributed by atoms with Gasteiger partial charge >= 0.3 is 0 Å². The minimum absolute atomic E-state index is 0.213. The maximum Gasteiger partial charge on any atom is 0.124 e. The van der Waals surface area contributed by atoms with Crippen LogP contribution in [0.4, 0.5) is 9.57 Å². The second-order valence-electron chi connectivity index (χ2n) is 4.21. The third-order valence-electron chi connectivity index (χ3n) is 2.95. The van der Waals surface area contributed by atoms with Gasteiger partial charge in [0.05, 0.1) is 32.9 Å². The van der Waals surface area contributed by atoms with E-state index in [1.165, 1.54) is 11.3 Å². The quantitative estimate of drug-likeness (QED) is 0.737. The fraction of sp³-hybridized carbons (Fsp3) is 0.0714. The zero-order valence-electron chi connectivity index (χ0n) is 10.6. The lowest BCUT2D eigenvalue weighted by molar-refractivity contribution is 0.476. The maximum atomic E-state index is 13.0. The molecule has 0 atom stereocenters. The summed E-state index contributed by atoms with van der Waals surface area (Å²) in [6.07, 6.45) is 0. The number of fused-ring (bicyclic) bond motifs is 1. The molecule has 3 aromatic rings. The number of rotatable bonds is 3. The Bertz CT molecular complexity index is 773.